The maximum absolute atomic E-state index is 13.7. The number of nitrogen functional groups attached to an aromatic ring is 1. The fourth-order valence-corrected chi connectivity index (χ4v) is 2.96. The van der Waals surface area contributed by atoms with E-state index >= 15 is 0 Å². The third-order valence-corrected chi connectivity index (χ3v) is 4.14. The summed E-state index contributed by atoms with van der Waals surface area (Å²) in [6.45, 7) is 3.90. The molecule has 0 radical (unpaired) electrons. The molecule has 0 aliphatic heterocycles. The molecule has 2 rings (SSSR count). The van der Waals surface area contributed by atoms with Crippen molar-refractivity contribution in [2.24, 2.45) is 0 Å². The summed E-state index contributed by atoms with van der Waals surface area (Å²) < 4.78 is 14.2. The van der Waals surface area contributed by atoms with Gasteiger partial charge in [-0.15, -0.1) is 0 Å². The zero-order valence-corrected chi connectivity index (χ0v) is 13.8. The van der Waals surface area contributed by atoms with Gasteiger partial charge in [-0.1, -0.05) is 17.4 Å². The fraction of sp³-hybridized carbons (Fsp3) is 0.231. The molecule has 1 amide bonds. The van der Waals surface area contributed by atoms with E-state index in [0.717, 1.165) is 11.3 Å². The average molecular weight is 373 g/mol. The minimum atomic E-state index is -0.527. The number of para-hydroxylation sites is 1. The van der Waals surface area contributed by atoms with Crippen LogP contribution < -0.4 is 16.4 Å². The van der Waals surface area contributed by atoms with E-state index in [-0.39, 0.29) is 22.4 Å². The zero-order valence-electron chi connectivity index (χ0n) is 11.4. The lowest BCUT2D eigenvalue weighted by atomic mass is 10.3. The number of nitrogens with zero attached hydrogens (tertiary/aromatic N) is 1. The van der Waals surface area contributed by atoms with E-state index in [1.165, 1.54) is 6.07 Å². The van der Waals surface area contributed by atoms with E-state index in [1.54, 1.807) is 12.1 Å². The van der Waals surface area contributed by atoms with Crippen molar-refractivity contribution in [3.05, 3.63) is 33.4 Å². The number of nitrogens with one attached hydrogen (secondary N) is 2. The normalized spacial score (nSPS) is 10.7. The molecule has 0 atom stereocenters. The predicted molar refractivity (Wildman–Crippen MR) is 87.3 cm³/mol. The molecular weight excluding hydrogens is 359 g/mol. The number of anilines is 3. The zero-order chi connectivity index (χ0) is 15.6. The van der Waals surface area contributed by atoms with Gasteiger partial charge in [0.15, 0.2) is 5.13 Å². The van der Waals surface area contributed by atoms with Crippen LogP contribution in [0.15, 0.2) is 22.7 Å². The van der Waals surface area contributed by atoms with Crippen LogP contribution in [0.3, 0.4) is 0 Å². The lowest BCUT2D eigenvalue weighted by Gasteiger charge is -2.07. The molecule has 4 N–H and O–H groups in total. The summed E-state index contributed by atoms with van der Waals surface area (Å²) in [6.07, 6.45) is 0. The monoisotopic (exact) mass is 372 g/mol. The second kappa shape index (κ2) is 6.40. The van der Waals surface area contributed by atoms with Gasteiger partial charge < -0.3 is 16.4 Å². The van der Waals surface area contributed by atoms with Gasteiger partial charge in [0.25, 0.3) is 5.91 Å². The number of carbonyl (C=O) groups excluding carboxylic acids is 1. The molecule has 0 unspecified atom stereocenters. The summed E-state index contributed by atoms with van der Waals surface area (Å²) in [5, 5.41) is 6.13. The van der Waals surface area contributed by atoms with Crippen LogP contribution in [0.5, 0.6) is 0 Å². The Hall–Kier alpha value is -1.67. The van der Waals surface area contributed by atoms with Crippen molar-refractivity contribution in [3.63, 3.8) is 0 Å². The number of halogens is 2. The van der Waals surface area contributed by atoms with E-state index < -0.39 is 11.7 Å². The number of rotatable bonds is 4. The summed E-state index contributed by atoms with van der Waals surface area (Å²) in [5.41, 5.74) is 5.82. The number of amides is 1. The van der Waals surface area contributed by atoms with Crippen molar-refractivity contribution in [2.45, 2.75) is 19.9 Å². The van der Waals surface area contributed by atoms with Gasteiger partial charge in [0.1, 0.15) is 16.5 Å². The third-order valence-electron chi connectivity index (χ3n) is 2.47. The number of hydrogen-bond donors (Lipinski definition) is 3. The minimum absolute atomic E-state index is 0.0775. The molecule has 21 heavy (non-hydrogen) atoms. The summed E-state index contributed by atoms with van der Waals surface area (Å²) in [7, 11) is 0. The second-order valence-corrected chi connectivity index (χ2v) is 6.44. The van der Waals surface area contributed by atoms with Crippen molar-refractivity contribution in [3.8, 4) is 0 Å². The summed E-state index contributed by atoms with van der Waals surface area (Å²) in [5.74, 6) is -0.901. The molecule has 0 aliphatic rings. The first-order chi connectivity index (χ1) is 9.88. The van der Waals surface area contributed by atoms with Gasteiger partial charge in [0.05, 0.1) is 5.69 Å². The van der Waals surface area contributed by atoms with Crippen LogP contribution in [0.1, 0.15) is 23.5 Å². The highest BCUT2D eigenvalue weighted by atomic mass is 79.9. The van der Waals surface area contributed by atoms with Gasteiger partial charge in [-0.05, 0) is 41.9 Å². The van der Waals surface area contributed by atoms with Crippen LogP contribution in [0.4, 0.5) is 21.0 Å². The highest BCUT2D eigenvalue weighted by molar-refractivity contribution is 9.10. The van der Waals surface area contributed by atoms with E-state index in [1.807, 2.05) is 13.8 Å². The van der Waals surface area contributed by atoms with Gasteiger partial charge in [0.2, 0.25) is 0 Å². The Morgan fingerprint density at radius 2 is 2.19 bits per heavy atom. The molecule has 1 heterocycles. The van der Waals surface area contributed by atoms with Crippen LogP contribution in [-0.2, 0) is 0 Å². The Kier molecular flexibility index (Phi) is 4.79. The first-order valence-corrected chi connectivity index (χ1v) is 7.77. The molecular formula is C13H14BrFN4OS. The van der Waals surface area contributed by atoms with Crippen LogP contribution in [-0.4, -0.2) is 16.9 Å². The van der Waals surface area contributed by atoms with Crippen LogP contribution in [0, 0.1) is 5.82 Å². The largest absolute Gasteiger partial charge is 0.382 e. The SMILES string of the molecule is CC(C)Nc1nc(N)c(C(=O)Nc2c(F)cccc2Br)s1. The van der Waals surface area contributed by atoms with Crippen molar-refractivity contribution in [2.75, 3.05) is 16.4 Å². The van der Waals surface area contributed by atoms with Crippen LogP contribution >= 0.6 is 27.3 Å². The maximum atomic E-state index is 13.7. The Labute approximate surface area is 133 Å². The van der Waals surface area contributed by atoms with E-state index in [0.29, 0.717) is 9.60 Å². The molecule has 8 heteroatoms. The first-order valence-electron chi connectivity index (χ1n) is 6.16. The molecule has 5 nitrogen and oxygen atoms in total. The lowest BCUT2D eigenvalue weighted by Crippen LogP contribution is -2.13. The molecule has 0 bridgehead atoms. The molecule has 1 aromatic carbocycles. The Morgan fingerprint density at radius 3 is 2.81 bits per heavy atom. The molecule has 112 valence electrons. The van der Waals surface area contributed by atoms with Gasteiger partial charge in [0, 0.05) is 10.5 Å². The van der Waals surface area contributed by atoms with Crippen molar-refractivity contribution in [1.82, 2.24) is 4.98 Å². The molecule has 2 aromatic rings. The second-order valence-electron chi connectivity index (χ2n) is 4.58. The summed E-state index contributed by atoms with van der Waals surface area (Å²) in [4.78, 5) is 16.5. The van der Waals surface area contributed by atoms with Crippen molar-refractivity contribution < 1.29 is 9.18 Å². The van der Waals surface area contributed by atoms with Crippen LogP contribution in [0.2, 0.25) is 0 Å². The number of aromatic nitrogens is 1. The minimum Gasteiger partial charge on any atom is -0.382 e. The van der Waals surface area contributed by atoms with Gasteiger partial charge in [-0.25, -0.2) is 9.37 Å². The first kappa shape index (κ1) is 15.7. The summed E-state index contributed by atoms with van der Waals surface area (Å²) in [6, 6.07) is 4.62. The van der Waals surface area contributed by atoms with E-state index in [4.69, 9.17) is 5.73 Å². The van der Waals surface area contributed by atoms with E-state index in [2.05, 4.69) is 31.5 Å². The molecule has 1 aromatic heterocycles. The number of benzene rings is 1. The van der Waals surface area contributed by atoms with E-state index in [9.17, 15) is 9.18 Å². The fourth-order valence-electron chi connectivity index (χ4n) is 1.59. The highest BCUT2D eigenvalue weighted by Crippen LogP contribution is 2.29. The molecule has 0 spiro atoms. The van der Waals surface area contributed by atoms with Gasteiger partial charge in [-0.3, -0.25) is 4.79 Å². The van der Waals surface area contributed by atoms with Gasteiger partial charge >= 0.3 is 0 Å². The molecule has 0 saturated carbocycles. The van der Waals surface area contributed by atoms with Crippen molar-refractivity contribution >= 4 is 49.8 Å². The summed E-state index contributed by atoms with van der Waals surface area (Å²) >= 11 is 4.32. The maximum Gasteiger partial charge on any atom is 0.269 e. The smallest absolute Gasteiger partial charge is 0.269 e. The number of nitrogens with two attached hydrogens (primary N) is 1. The number of carbonyl (C=O) groups is 1. The molecule has 0 aliphatic carbocycles. The number of thiazole rings is 1. The van der Waals surface area contributed by atoms with Gasteiger partial charge in [-0.2, -0.15) is 0 Å². The van der Waals surface area contributed by atoms with Crippen molar-refractivity contribution in [1.29, 1.82) is 0 Å². The molecule has 0 saturated heterocycles. The standard InChI is InChI=1S/C13H14BrFN4OS/c1-6(2)17-13-19-11(16)10(21-13)12(20)18-9-7(14)4-3-5-8(9)15/h3-6H,16H2,1-2H3,(H,17,19)(H,18,20). The Morgan fingerprint density at radius 1 is 1.48 bits per heavy atom. The highest BCUT2D eigenvalue weighted by Gasteiger charge is 2.19. The predicted octanol–water partition coefficient (Wildman–Crippen LogP) is 3.70. The Balaban J connectivity index is 2.23. The molecule has 0 fully saturated rings. The lowest BCUT2D eigenvalue weighted by molar-refractivity contribution is 0.103. The topological polar surface area (TPSA) is 80.0 Å². The third kappa shape index (κ3) is 3.70. The average Bonchev–Trinajstić information content (AvgIpc) is 2.74. The Bertz CT molecular complexity index is 654. The quantitative estimate of drug-likeness (QED) is 0.764. The van der Waals surface area contributed by atoms with Crippen LogP contribution in [0.25, 0.3) is 0 Å². The number of hydrogen-bond acceptors (Lipinski definition) is 5.